The number of allylic oxidation sites excluding steroid dienone is 1. The molecule has 3 fully saturated rings. The molecule has 0 spiro atoms. The van der Waals surface area contributed by atoms with E-state index in [2.05, 4.69) is 75.8 Å². The highest BCUT2D eigenvalue weighted by atomic mass is 16.4. The zero-order valence-corrected chi connectivity index (χ0v) is 17.6. The van der Waals surface area contributed by atoms with Crippen LogP contribution in [0.4, 0.5) is 0 Å². The third-order valence-corrected chi connectivity index (χ3v) is 6.85. The Morgan fingerprint density at radius 1 is 0.933 bits per heavy atom. The number of benzene rings is 2. The lowest BCUT2D eigenvalue weighted by atomic mass is 9.73. The van der Waals surface area contributed by atoms with Crippen molar-refractivity contribution < 1.29 is 4.42 Å². The first-order valence-electron chi connectivity index (χ1n) is 11.1. The molecule has 3 aromatic rings. The largest absolute Gasteiger partial charge is 0.424 e. The lowest BCUT2D eigenvalue weighted by molar-refractivity contribution is 0.0593. The molecule has 1 aromatic heterocycles. The summed E-state index contributed by atoms with van der Waals surface area (Å²) in [6.45, 7) is 4.06. The number of hydrogen-bond donors (Lipinski definition) is 0. The number of nitrogens with zero attached hydrogens (tertiary/aromatic N) is 3. The molecule has 154 valence electrons. The van der Waals surface area contributed by atoms with E-state index in [0.717, 1.165) is 29.6 Å². The highest BCUT2D eigenvalue weighted by Gasteiger charge is 2.39. The van der Waals surface area contributed by atoms with E-state index in [-0.39, 0.29) is 0 Å². The molecule has 0 atom stereocenters. The smallest absolute Gasteiger partial charge is 0.235 e. The predicted octanol–water partition coefficient (Wildman–Crippen LogP) is 5.14. The molecule has 0 radical (unpaired) electrons. The van der Waals surface area contributed by atoms with E-state index in [9.17, 15) is 0 Å². The molecule has 1 aliphatic carbocycles. The zero-order chi connectivity index (χ0) is 20.4. The Bertz CT molecular complexity index is 948. The topological polar surface area (TPSA) is 42.2 Å². The van der Waals surface area contributed by atoms with Crippen LogP contribution in [-0.2, 0) is 5.41 Å². The summed E-state index contributed by atoms with van der Waals surface area (Å²) >= 11 is 0. The number of aryl methyl sites for hydroxylation is 1. The summed E-state index contributed by atoms with van der Waals surface area (Å²) in [6.07, 6.45) is 10.1. The molecular formula is C26H29N3O. The van der Waals surface area contributed by atoms with E-state index in [1.54, 1.807) is 0 Å². The summed E-state index contributed by atoms with van der Waals surface area (Å²) in [5, 5.41) is 8.66. The molecule has 2 bridgehead atoms. The van der Waals surface area contributed by atoms with Crippen molar-refractivity contribution in [2.45, 2.75) is 44.1 Å². The van der Waals surface area contributed by atoms with E-state index in [1.165, 1.54) is 32.2 Å². The van der Waals surface area contributed by atoms with Gasteiger partial charge in [-0.3, -0.25) is 4.90 Å². The van der Waals surface area contributed by atoms with Crippen molar-refractivity contribution in [2.75, 3.05) is 13.1 Å². The Kier molecular flexibility index (Phi) is 5.26. The molecule has 0 amide bonds. The maximum atomic E-state index is 6.06. The van der Waals surface area contributed by atoms with E-state index in [1.807, 2.05) is 19.1 Å². The van der Waals surface area contributed by atoms with Crippen molar-refractivity contribution >= 4 is 0 Å². The van der Waals surface area contributed by atoms with Crippen LogP contribution >= 0.6 is 0 Å². The third-order valence-electron chi connectivity index (χ3n) is 6.85. The fourth-order valence-electron chi connectivity index (χ4n) is 5.30. The maximum absolute atomic E-state index is 6.06. The van der Waals surface area contributed by atoms with Crippen molar-refractivity contribution in [1.29, 1.82) is 0 Å². The van der Waals surface area contributed by atoms with Gasteiger partial charge in [0.1, 0.15) is 5.41 Å². The van der Waals surface area contributed by atoms with Crippen molar-refractivity contribution in [1.82, 2.24) is 15.1 Å². The Morgan fingerprint density at radius 3 is 2.07 bits per heavy atom. The summed E-state index contributed by atoms with van der Waals surface area (Å²) in [7, 11) is 0. The number of aromatic nitrogens is 2. The second-order valence-corrected chi connectivity index (χ2v) is 8.70. The van der Waals surface area contributed by atoms with Gasteiger partial charge in [-0.15, -0.1) is 10.2 Å². The molecule has 3 heterocycles. The van der Waals surface area contributed by atoms with Gasteiger partial charge in [-0.1, -0.05) is 72.8 Å². The normalized spacial score (nSPS) is 22.0. The molecule has 0 unspecified atom stereocenters. The monoisotopic (exact) mass is 399 g/mol. The fraction of sp³-hybridized carbons (Fsp3) is 0.385. The molecular weight excluding hydrogens is 370 g/mol. The van der Waals surface area contributed by atoms with Crippen LogP contribution in [0.1, 0.15) is 48.6 Å². The van der Waals surface area contributed by atoms with Crippen molar-refractivity contribution in [3.63, 3.8) is 0 Å². The molecule has 2 saturated heterocycles. The van der Waals surface area contributed by atoms with Crippen LogP contribution in [0.15, 0.2) is 77.2 Å². The van der Waals surface area contributed by atoms with Gasteiger partial charge in [0.15, 0.2) is 0 Å². The molecule has 1 saturated carbocycles. The molecule has 30 heavy (non-hydrogen) atoms. The van der Waals surface area contributed by atoms with Crippen LogP contribution in [-0.4, -0.2) is 34.2 Å². The first kappa shape index (κ1) is 19.3. The molecule has 6 rings (SSSR count). The summed E-state index contributed by atoms with van der Waals surface area (Å²) in [4.78, 5) is 2.66. The quantitative estimate of drug-likeness (QED) is 0.538. The Balaban J connectivity index is 1.57. The van der Waals surface area contributed by atoms with Crippen LogP contribution in [0, 0.1) is 12.8 Å². The summed E-state index contributed by atoms with van der Waals surface area (Å²) in [6, 6.07) is 21.8. The van der Waals surface area contributed by atoms with E-state index < -0.39 is 5.41 Å². The first-order chi connectivity index (χ1) is 14.8. The van der Waals surface area contributed by atoms with Crippen LogP contribution in [0.3, 0.4) is 0 Å². The number of rotatable bonds is 6. The predicted molar refractivity (Wildman–Crippen MR) is 118 cm³/mol. The molecule has 2 aromatic carbocycles. The van der Waals surface area contributed by atoms with Crippen molar-refractivity contribution in [3.05, 3.63) is 95.7 Å². The average Bonchev–Trinajstić information content (AvgIpc) is 3.25. The molecule has 3 aliphatic rings. The molecule has 0 N–H and O–H groups in total. The Hall–Kier alpha value is -2.72. The standard InChI is InChI=1S/C26H29N3O/c1-20-27-28-25(30-20)26(22-9-4-2-5-10-22,23-11-6-3-7-12-23)17-8-18-29-19-21-13-15-24(29)16-14-21/h2-12,17,21,24H,13-16,18-19H2,1H3. The van der Waals surface area contributed by atoms with Gasteiger partial charge in [-0.05, 0) is 42.7 Å². The summed E-state index contributed by atoms with van der Waals surface area (Å²) in [5.41, 5.74) is 1.67. The minimum atomic E-state index is -0.599. The molecule has 4 nitrogen and oxygen atoms in total. The fourth-order valence-corrected chi connectivity index (χ4v) is 5.30. The third kappa shape index (κ3) is 3.50. The Morgan fingerprint density at radius 2 is 1.57 bits per heavy atom. The second-order valence-electron chi connectivity index (χ2n) is 8.70. The van der Waals surface area contributed by atoms with Gasteiger partial charge >= 0.3 is 0 Å². The molecule has 4 heteroatoms. The van der Waals surface area contributed by atoms with E-state index >= 15 is 0 Å². The SMILES string of the molecule is Cc1nnc(C(C=CCN2CC3CCC2CC3)(c2ccccc2)c2ccccc2)o1. The van der Waals surface area contributed by atoms with Gasteiger partial charge in [0.05, 0.1) is 0 Å². The van der Waals surface area contributed by atoms with Gasteiger partial charge in [-0.2, -0.15) is 0 Å². The first-order valence-corrected chi connectivity index (χ1v) is 11.1. The van der Waals surface area contributed by atoms with E-state index in [0.29, 0.717) is 11.8 Å². The van der Waals surface area contributed by atoms with Crippen LogP contribution < -0.4 is 0 Å². The summed E-state index contributed by atoms with van der Waals surface area (Å²) < 4.78 is 6.06. The molecule has 2 aliphatic heterocycles. The van der Waals surface area contributed by atoms with Crippen LogP contribution in [0.25, 0.3) is 0 Å². The number of piperidine rings is 2. The maximum Gasteiger partial charge on any atom is 0.235 e. The van der Waals surface area contributed by atoms with Crippen LogP contribution in [0.5, 0.6) is 0 Å². The van der Waals surface area contributed by atoms with Gasteiger partial charge in [-0.25, -0.2) is 0 Å². The number of fused-ring (bicyclic) bond motifs is 3. The zero-order valence-electron chi connectivity index (χ0n) is 17.6. The van der Waals surface area contributed by atoms with Gasteiger partial charge in [0.2, 0.25) is 11.8 Å². The van der Waals surface area contributed by atoms with Gasteiger partial charge in [0.25, 0.3) is 0 Å². The highest BCUT2D eigenvalue weighted by molar-refractivity contribution is 5.50. The minimum absolute atomic E-state index is 0.586. The van der Waals surface area contributed by atoms with Gasteiger partial charge < -0.3 is 4.42 Å². The number of hydrogen-bond acceptors (Lipinski definition) is 4. The average molecular weight is 400 g/mol. The Labute approximate surface area is 178 Å². The highest BCUT2D eigenvalue weighted by Crippen LogP contribution is 2.40. The van der Waals surface area contributed by atoms with E-state index in [4.69, 9.17) is 4.42 Å². The lowest BCUT2D eigenvalue weighted by Gasteiger charge is -2.45. The summed E-state index contributed by atoms with van der Waals surface area (Å²) in [5.74, 6) is 2.09. The second kappa shape index (κ2) is 8.19. The van der Waals surface area contributed by atoms with Crippen LogP contribution in [0.2, 0.25) is 0 Å². The van der Waals surface area contributed by atoms with Crippen molar-refractivity contribution in [3.8, 4) is 0 Å². The minimum Gasteiger partial charge on any atom is -0.424 e. The van der Waals surface area contributed by atoms with Gasteiger partial charge in [0, 0.05) is 26.1 Å². The lowest BCUT2D eigenvalue weighted by Crippen LogP contribution is -2.47. The van der Waals surface area contributed by atoms with Crippen molar-refractivity contribution in [2.24, 2.45) is 5.92 Å².